The number of rotatable bonds is 2. The molecule has 24 heavy (non-hydrogen) atoms. The smallest absolute Gasteiger partial charge is 0.317 e. The number of phenolic OH excluding ortho intramolecular Hbond substituents is 1. The van der Waals surface area contributed by atoms with Gasteiger partial charge in [-0.1, -0.05) is 24.3 Å². The van der Waals surface area contributed by atoms with E-state index < -0.39 is 0 Å². The lowest BCUT2D eigenvalue weighted by Gasteiger charge is -2.29. The van der Waals surface area contributed by atoms with E-state index >= 15 is 0 Å². The Hall–Kier alpha value is -2.69. The summed E-state index contributed by atoms with van der Waals surface area (Å²) in [6.45, 7) is 1.72. The number of fused-ring (bicyclic) bond motifs is 2. The average Bonchev–Trinajstić information content (AvgIpc) is 3.02. The fraction of sp³-hybridized carbons (Fsp3) is 0.316. The number of amides is 2. The number of nitrogens with zero attached hydrogens (tertiary/aromatic N) is 1. The summed E-state index contributed by atoms with van der Waals surface area (Å²) in [6.07, 6.45) is 1.63. The third kappa shape index (κ3) is 2.89. The fourth-order valence-corrected chi connectivity index (χ4v) is 3.40. The van der Waals surface area contributed by atoms with Crippen molar-refractivity contribution in [3.05, 3.63) is 59.2 Å². The normalized spacial score (nSPS) is 18.5. The van der Waals surface area contributed by atoms with Crippen LogP contribution in [-0.4, -0.2) is 35.2 Å². The number of benzene rings is 2. The lowest BCUT2D eigenvalue weighted by Crippen LogP contribution is -2.45. The van der Waals surface area contributed by atoms with Crippen molar-refractivity contribution in [1.29, 1.82) is 0 Å². The van der Waals surface area contributed by atoms with Gasteiger partial charge >= 0.3 is 6.03 Å². The molecule has 2 aromatic rings. The van der Waals surface area contributed by atoms with E-state index in [-0.39, 0.29) is 17.9 Å². The molecule has 2 aromatic carbocycles. The summed E-state index contributed by atoms with van der Waals surface area (Å²) in [4.78, 5) is 14.2. The second-order valence-corrected chi connectivity index (χ2v) is 6.36. The minimum atomic E-state index is -0.0800. The van der Waals surface area contributed by atoms with Crippen LogP contribution in [0.25, 0.3) is 0 Å². The van der Waals surface area contributed by atoms with Crippen LogP contribution in [0.2, 0.25) is 0 Å². The number of hydrogen-bond acceptors (Lipinski definition) is 3. The molecule has 2 amide bonds. The van der Waals surface area contributed by atoms with Gasteiger partial charge in [-0.05, 0) is 41.3 Å². The second-order valence-electron chi connectivity index (χ2n) is 6.36. The highest BCUT2D eigenvalue weighted by Crippen LogP contribution is 2.28. The summed E-state index contributed by atoms with van der Waals surface area (Å²) in [5.41, 5.74) is 3.41. The van der Waals surface area contributed by atoms with Gasteiger partial charge in [0, 0.05) is 19.5 Å². The molecule has 2 aliphatic heterocycles. The summed E-state index contributed by atoms with van der Waals surface area (Å²) < 4.78 is 5.85. The van der Waals surface area contributed by atoms with Crippen molar-refractivity contribution < 1.29 is 14.6 Å². The van der Waals surface area contributed by atoms with Gasteiger partial charge in [-0.15, -0.1) is 0 Å². The number of para-hydroxylation sites is 1. The topological polar surface area (TPSA) is 61.8 Å². The third-order valence-electron chi connectivity index (χ3n) is 4.68. The lowest BCUT2D eigenvalue weighted by atomic mass is 10.00. The van der Waals surface area contributed by atoms with Crippen LogP contribution in [0.4, 0.5) is 4.79 Å². The fourth-order valence-electron chi connectivity index (χ4n) is 3.40. The zero-order chi connectivity index (χ0) is 16.5. The molecule has 0 fully saturated rings. The predicted molar refractivity (Wildman–Crippen MR) is 90.2 cm³/mol. The largest absolute Gasteiger partial charge is 0.508 e. The lowest BCUT2D eigenvalue weighted by molar-refractivity contribution is 0.180. The quantitative estimate of drug-likeness (QED) is 0.892. The maximum absolute atomic E-state index is 12.4. The molecule has 2 heterocycles. The molecule has 0 aromatic heterocycles. The molecule has 0 bridgehead atoms. The van der Waals surface area contributed by atoms with Crippen LogP contribution in [0, 0.1) is 0 Å². The number of hydrogen-bond donors (Lipinski definition) is 2. The molecule has 0 saturated heterocycles. The Kier molecular flexibility index (Phi) is 3.76. The van der Waals surface area contributed by atoms with Crippen molar-refractivity contribution in [2.45, 2.75) is 25.5 Å². The van der Waals surface area contributed by atoms with Crippen LogP contribution in [0.5, 0.6) is 11.5 Å². The Labute approximate surface area is 140 Å². The number of carbonyl (C=O) groups excluding carboxylic acids is 1. The van der Waals surface area contributed by atoms with Crippen molar-refractivity contribution in [2.75, 3.05) is 13.1 Å². The number of urea groups is 1. The minimum Gasteiger partial charge on any atom is -0.508 e. The van der Waals surface area contributed by atoms with Crippen LogP contribution >= 0.6 is 0 Å². The highest BCUT2D eigenvalue weighted by atomic mass is 16.5. The van der Waals surface area contributed by atoms with E-state index in [2.05, 4.69) is 11.4 Å². The van der Waals surface area contributed by atoms with E-state index in [1.54, 1.807) is 17.0 Å². The van der Waals surface area contributed by atoms with Crippen molar-refractivity contribution in [2.24, 2.45) is 0 Å². The van der Waals surface area contributed by atoms with Crippen LogP contribution in [0.3, 0.4) is 0 Å². The average molecular weight is 324 g/mol. The van der Waals surface area contributed by atoms with E-state index in [4.69, 9.17) is 4.74 Å². The highest BCUT2D eigenvalue weighted by molar-refractivity contribution is 5.74. The molecule has 1 atom stereocenters. The molecule has 2 N–H and O–H groups in total. The number of phenols is 1. The van der Waals surface area contributed by atoms with E-state index in [1.165, 1.54) is 11.1 Å². The first kappa shape index (κ1) is 14.9. The van der Waals surface area contributed by atoms with E-state index in [9.17, 15) is 9.90 Å². The van der Waals surface area contributed by atoms with Crippen molar-refractivity contribution in [3.63, 3.8) is 0 Å². The zero-order valence-electron chi connectivity index (χ0n) is 13.4. The maximum atomic E-state index is 12.4. The van der Waals surface area contributed by atoms with Crippen LogP contribution in [0.1, 0.15) is 16.7 Å². The first-order valence-electron chi connectivity index (χ1n) is 8.27. The molecule has 0 radical (unpaired) electrons. The van der Waals surface area contributed by atoms with Crippen LogP contribution in [0.15, 0.2) is 42.5 Å². The van der Waals surface area contributed by atoms with Gasteiger partial charge in [0.15, 0.2) is 0 Å². The summed E-state index contributed by atoms with van der Waals surface area (Å²) in [5.74, 6) is 1.16. The SMILES string of the molecule is O=C(NCC1Cc2ccccc2O1)N1CCc2ccc(O)cc2C1. The summed E-state index contributed by atoms with van der Waals surface area (Å²) in [7, 11) is 0. The summed E-state index contributed by atoms with van der Waals surface area (Å²) in [5, 5.41) is 12.6. The Balaban J connectivity index is 1.33. The maximum Gasteiger partial charge on any atom is 0.317 e. The molecule has 5 heteroatoms. The van der Waals surface area contributed by atoms with Gasteiger partial charge in [0.05, 0.1) is 6.54 Å². The third-order valence-corrected chi connectivity index (χ3v) is 4.68. The van der Waals surface area contributed by atoms with Gasteiger partial charge in [0.25, 0.3) is 0 Å². The molecule has 5 nitrogen and oxygen atoms in total. The summed E-state index contributed by atoms with van der Waals surface area (Å²) >= 11 is 0. The zero-order valence-corrected chi connectivity index (χ0v) is 13.4. The van der Waals surface area contributed by atoms with Crippen LogP contribution in [-0.2, 0) is 19.4 Å². The van der Waals surface area contributed by atoms with Crippen molar-refractivity contribution in [3.8, 4) is 11.5 Å². The molecule has 0 aliphatic carbocycles. The predicted octanol–water partition coefficient (Wildman–Crippen LogP) is 2.46. The van der Waals surface area contributed by atoms with Gasteiger partial charge in [0.2, 0.25) is 0 Å². The first-order valence-corrected chi connectivity index (χ1v) is 8.27. The molecule has 124 valence electrons. The first-order chi connectivity index (χ1) is 11.7. The van der Waals surface area contributed by atoms with Gasteiger partial charge in [-0.3, -0.25) is 0 Å². The molecule has 2 aliphatic rings. The number of ether oxygens (including phenoxy) is 1. The molecule has 0 saturated carbocycles. The molecule has 0 spiro atoms. The Morgan fingerprint density at radius 2 is 2.08 bits per heavy atom. The van der Waals surface area contributed by atoms with Gasteiger partial charge < -0.3 is 20.1 Å². The Bertz CT molecular complexity index is 750. The van der Waals surface area contributed by atoms with Crippen molar-refractivity contribution >= 4 is 6.03 Å². The van der Waals surface area contributed by atoms with Crippen LogP contribution < -0.4 is 10.1 Å². The monoisotopic (exact) mass is 324 g/mol. The highest BCUT2D eigenvalue weighted by Gasteiger charge is 2.25. The van der Waals surface area contributed by atoms with E-state index in [0.29, 0.717) is 19.6 Å². The molecular weight excluding hydrogens is 304 g/mol. The van der Waals surface area contributed by atoms with Gasteiger partial charge in [-0.2, -0.15) is 0 Å². The second kappa shape index (κ2) is 6.07. The number of carbonyl (C=O) groups is 1. The Morgan fingerprint density at radius 3 is 2.96 bits per heavy atom. The molecular formula is C19H20N2O3. The van der Waals surface area contributed by atoms with Gasteiger partial charge in [0.1, 0.15) is 17.6 Å². The minimum absolute atomic E-state index is 0.00697. The summed E-state index contributed by atoms with van der Waals surface area (Å²) in [6, 6.07) is 13.3. The van der Waals surface area contributed by atoms with Gasteiger partial charge in [-0.25, -0.2) is 4.79 Å². The molecule has 4 rings (SSSR count). The van der Waals surface area contributed by atoms with E-state index in [0.717, 1.165) is 24.2 Å². The standard InChI is InChI=1S/C19H20N2O3/c22-16-6-5-13-7-8-21(12-15(13)9-16)19(23)20-11-17-10-14-3-1-2-4-18(14)24-17/h1-6,9,17,22H,7-8,10-12H2,(H,20,23). The number of nitrogens with one attached hydrogen (secondary N) is 1. The molecule has 1 unspecified atom stereocenters. The van der Waals surface area contributed by atoms with Crippen molar-refractivity contribution in [1.82, 2.24) is 10.2 Å². The number of aromatic hydroxyl groups is 1. The van der Waals surface area contributed by atoms with E-state index in [1.807, 2.05) is 24.3 Å². The Morgan fingerprint density at radius 1 is 1.21 bits per heavy atom.